The van der Waals surface area contributed by atoms with E-state index in [1.165, 1.54) is 0 Å². The second-order valence-electron chi connectivity index (χ2n) is 6.65. The zero-order valence-corrected chi connectivity index (χ0v) is 13.9. The van der Waals surface area contributed by atoms with Gasteiger partial charge in [0.25, 0.3) is 0 Å². The van der Waals surface area contributed by atoms with Gasteiger partial charge in [0.2, 0.25) is 0 Å². The molecule has 4 atom stereocenters. The molecule has 2 N–H and O–H groups in total. The number of allylic oxidation sites excluding steroid dienone is 2. The van der Waals surface area contributed by atoms with Crippen molar-refractivity contribution < 1.29 is 24.5 Å². The molecule has 2 fully saturated rings. The number of aliphatic hydroxyl groups is 1. The fourth-order valence-corrected chi connectivity index (χ4v) is 3.61. The van der Waals surface area contributed by atoms with Crippen LogP contribution in [-0.4, -0.2) is 41.8 Å². The summed E-state index contributed by atoms with van der Waals surface area (Å²) in [4.78, 5) is 10.4. The van der Waals surface area contributed by atoms with E-state index in [1.807, 2.05) is 0 Å². The van der Waals surface area contributed by atoms with Crippen molar-refractivity contribution in [2.24, 2.45) is 11.8 Å². The van der Waals surface area contributed by atoms with Gasteiger partial charge < -0.3 is 19.7 Å². The Balaban J connectivity index is 1.70. The average Bonchev–Trinajstić information content (AvgIpc) is 2.93. The minimum Gasteiger partial charge on any atom is -0.481 e. The van der Waals surface area contributed by atoms with Crippen molar-refractivity contribution >= 4 is 5.97 Å². The smallest absolute Gasteiger partial charge is 0.303 e. The molecule has 1 aliphatic heterocycles. The molecule has 1 unspecified atom stereocenters. The molecule has 5 nitrogen and oxygen atoms in total. The van der Waals surface area contributed by atoms with Crippen LogP contribution < -0.4 is 0 Å². The Bertz CT molecular complexity index is 376. The molecule has 0 amide bonds. The van der Waals surface area contributed by atoms with E-state index in [4.69, 9.17) is 14.6 Å². The van der Waals surface area contributed by atoms with E-state index in [1.54, 1.807) is 0 Å². The number of hydrogen-bond acceptors (Lipinski definition) is 4. The number of hydrogen-bond donors (Lipinski definition) is 2. The maximum atomic E-state index is 10.4. The topological polar surface area (TPSA) is 76.0 Å². The van der Waals surface area contributed by atoms with E-state index in [9.17, 15) is 9.90 Å². The summed E-state index contributed by atoms with van der Waals surface area (Å²) >= 11 is 0. The number of rotatable bonds is 9. The zero-order chi connectivity index (χ0) is 16.5. The molecule has 0 bridgehead atoms. The first-order valence-corrected chi connectivity index (χ1v) is 8.95. The van der Waals surface area contributed by atoms with Gasteiger partial charge in [-0.1, -0.05) is 12.2 Å². The minimum atomic E-state index is -0.737. The molecule has 132 valence electrons. The average molecular weight is 326 g/mol. The summed E-state index contributed by atoms with van der Waals surface area (Å²) in [6.07, 6.45) is 12.2. The van der Waals surface area contributed by atoms with Crippen molar-refractivity contribution in [3.8, 4) is 0 Å². The Morgan fingerprint density at radius 1 is 1.22 bits per heavy atom. The van der Waals surface area contributed by atoms with Crippen LogP contribution in [0.15, 0.2) is 12.2 Å². The van der Waals surface area contributed by atoms with Gasteiger partial charge in [-0.3, -0.25) is 4.79 Å². The summed E-state index contributed by atoms with van der Waals surface area (Å²) in [6.45, 7) is 0.943. The van der Waals surface area contributed by atoms with E-state index in [0.717, 1.165) is 51.6 Å². The first-order chi connectivity index (χ1) is 11.2. The van der Waals surface area contributed by atoms with Gasteiger partial charge in [0.1, 0.15) is 0 Å². The monoisotopic (exact) mass is 326 g/mol. The minimum absolute atomic E-state index is 0.0897. The largest absolute Gasteiger partial charge is 0.481 e. The summed E-state index contributed by atoms with van der Waals surface area (Å²) in [7, 11) is 0. The van der Waals surface area contributed by atoms with Crippen molar-refractivity contribution in [3.05, 3.63) is 12.2 Å². The summed E-state index contributed by atoms with van der Waals surface area (Å²) in [6, 6.07) is 0. The molecule has 23 heavy (non-hydrogen) atoms. The van der Waals surface area contributed by atoms with Gasteiger partial charge in [-0.15, -0.1) is 0 Å². The van der Waals surface area contributed by atoms with Gasteiger partial charge in [0.15, 0.2) is 6.29 Å². The Labute approximate surface area is 138 Å². The number of ether oxygens (including phenoxy) is 2. The van der Waals surface area contributed by atoms with Crippen LogP contribution in [-0.2, 0) is 14.3 Å². The summed E-state index contributed by atoms with van der Waals surface area (Å²) in [5, 5.41) is 18.3. The molecule has 0 radical (unpaired) electrons. The van der Waals surface area contributed by atoms with Crippen molar-refractivity contribution in [2.45, 2.75) is 70.2 Å². The molecule has 5 heteroatoms. The Kier molecular flexibility index (Phi) is 8.06. The second kappa shape index (κ2) is 10.1. The lowest BCUT2D eigenvalue weighted by Gasteiger charge is -2.29. The fraction of sp³-hybridized carbons (Fsp3) is 0.833. The standard InChI is InChI=1S/C18H30O5/c19-13-15-14(7-3-1-2-4-8-17(20)21)10-11-16(15)23-18-9-5-6-12-22-18/h1,3,14-16,18-19H,2,4-13H2,(H,20,21)/b3-1-/t14-,15+,16+,18?/m1/s1. The van der Waals surface area contributed by atoms with Crippen LogP contribution in [0.3, 0.4) is 0 Å². The van der Waals surface area contributed by atoms with Gasteiger partial charge in [0.05, 0.1) is 6.10 Å². The molecule has 0 aromatic rings. The van der Waals surface area contributed by atoms with Gasteiger partial charge in [-0.25, -0.2) is 0 Å². The van der Waals surface area contributed by atoms with Crippen LogP contribution in [0.1, 0.15) is 57.8 Å². The number of unbranched alkanes of at least 4 members (excludes halogenated alkanes) is 1. The summed E-state index contributed by atoms with van der Waals surface area (Å²) < 4.78 is 11.7. The SMILES string of the molecule is O=C(O)CCC/C=C\C[C@@H]1CC[C@H](OC2CCCCO2)[C@H]1CO. The number of carboxylic acid groups (broad SMARTS) is 1. The predicted octanol–water partition coefficient (Wildman–Crippen LogP) is 3.12. The molecular formula is C18H30O5. The van der Waals surface area contributed by atoms with E-state index in [0.29, 0.717) is 12.3 Å². The summed E-state index contributed by atoms with van der Waals surface area (Å²) in [5.74, 6) is -0.104. The third-order valence-electron chi connectivity index (χ3n) is 4.95. The highest BCUT2D eigenvalue weighted by Gasteiger charge is 2.37. The highest BCUT2D eigenvalue weighted by atomic mass is 16.7. The highest BCUT2D eigenvalue weighted by molar-refractivity contribution is 5.66. The van der Waals surface area contributed by atoms with Crippen LogP contribution in [0, 0.1) is 11.8 Å². The predicted molar refractivity (Wildman–Crippen MR) is 87.0 cm³/mol. The van der Waals surface area contributed by atoms with Gasteiger partial charge in [0, 0.05) is 25.6 Å². The molecule has 1 saturated heterocycles. The Morgan fingerprint density at radius 3 is 2.78 bits per heavy atom. The van der Waals surface area contributed by atoms with Crippen LogP contribution in [0.25, 0.3) is 0 Å². The maximum Gasteiger partial charge on any atom is 0.303 e. The number of aliphatic carboxylic acids is 1. The third-order valence-corrected chi connectivity index (χ3v) is 4.95. The lowest BCUT2D eigenvalue weighted by Crippen LogP contribution is -2.32. The Morgan fingerprint density at radius 2 is 2.09 bits per heavy atom. The van der Waals surface area contributed by atoms with Crippen LogP contribution in [0.5, 0.6) is 0 Å². The van der Waals surface area contributed by atoms with E-state index >= 15 is 0 Å². The van der Waals surface area contributed by atoms with E-state index in [2.05, 4.69) is 12.2 Å². The first kappa shape index (κ1) is 18.4. The quantitative estimate of drug-likeness (QED) is 0.503. The van der Waals surface area contributed by atoms with Gasteiger partial charge >= 0.3 is 5.97 Å². The lowest BCUT2D eigenvalue weighted by atomic mass is 9.92. The maximum absolute atomic E-state index is 10.4. The van der Waals surface area contributed by atoms with Crippen LogP contribution >= 0.6 is 0 Å². The second-order valence-corrected chi connectivity index (χ2v) is 6.65. The molecular weight excluding hydrogens is 296 g/mol. The van der Waals surface area contributed by atoms with Crippen molar-refractivity contribution in [1.82, 2.24) is 0 Å². The zero-order valence-electron chi connectivity index (χ0n) is 13.9. The van der Waals surface area contributed by atoms with Crippen molar-refractivity contribution in [1.29, 1.82) is 0 Å². The molecule has 2 aliphatic rings. The number of aliphatic hydroxyl groups excluding tert-OH is 1. The molecule has 1 saturated carbocycles. The molecule has 2 rings (SSSR count). The molecule has 0 aromatic heterocycles. The number of carbonyl (C=O) groups is 1. The summed E-state index contributed by atoms with van der Waals surface area (Å²) in [5.41, 5.74) is 0. The van der Waals surface area contributed by atoms with Crippen LogP contribution in [0.2, 0.25) is 0 Å². The lowest BCUT2D eigenvalue weighted by molar-refractivity contribution is -0.197. The number of carboxylic acids is 1. The molecule has 0 aromatic carbocycles. The van der Waals surface area contributed by atoms with Crippen LogP contribution in [0.4, 0.5) is 0 Å². The first-order valence-electron chi connectivity index (χ1n) is 8.95. The van der Waals surface area contributed by atoms with E-state index in [-0.39, 0.29) is 31.3 Å². The van der Waals surface area contributed by atoms with Gasteiger partial charge in [-0.05, 0) is 57.3 Å². The van der Waals surface area contributed by atoms with Crippen molar-refractivity contribution in [2.75, 3.05) is 13.2 Å². The molecule has 1 heterocycles. The molecule has 1 aliphatic carbocycles. The van der Waals surface area contributed by atoms with Crippen molar-refractivity contribution in [3.63, 3.8) is 0 Å². The van der Waals surface area contributed by atoms with E-state index < -0.39 is 5.97 Å². The van der Waals surface area contributed by atoms with Gasteiger partial charge in [-0.2, -0.15) is 0 Å². The Hall–Kier alpha value is -0.910. The normalized spacial score (nSPS) is 31.7. The molecule has 0 spiro atoms. The third kappa shape index (κ3) is 6.24. The highest BCUT2D eigenvalue weighted by Crippen LogP contribution is 2.37. The fourth-order valence-electron chi connectivity index (χ4n) is 3.61.